The highest BCUT2D eigenvalue weighted by molar-refractivity contribution is 6.12. The lowest BCUT2D eigenvalue weighted by atomic mass is 9.91. The van der Waals surface area contributed by atoms with Gasteiger partial charge in [0.25, 0.3) is 0 Å². The number of benzene rings is 12. The van der Waals surface area contributed by atoms with Crippen molar-refractivity contribution in [2.75, 3.05) is 4.90 Å². The number of para-hydroxylation sites is 4. The minimum atomic E-state index is 1.06. The Kier molecular flexibility index (Phi) is 10.8. The van der Waals surface area contributed by atoms with Gasteiger partial charge in [-0.25, -0.2) is 0 Å². The van der Waals surface area contributed by atoms with E-state index in [0.717, 1.165) is 50.7 Å². The number of rotatable bonds is 10. The van der Waals surface area contributed by atoms with Gasteiger partial charge in [-0.2, -0.15) is 0 Å². The highest BCUT2D eigenvalue weighted by atomic mass is 15.1. The number of hydrogen-bond acceptors (Lipinski definition) is 1. The van der Waals surface area contributed by atoms with E-state index in [0.29, 0.717) is 0 Å². The van der Waals surface area contributed by atoms with Gasteiger partial charge in [-0.05, 0) is 153 Å². The number of anilines is 3. The van der Waals surface area contributed by atoms with E-state index in [1.54, 1.807) is 0 Å². The summed E-state index contributed by atoms with van der Waals surface area (Å²) >= 11 is 0. The molecule has 0 saturated carbocycles. The van der Waals surface area contributed by atoms with E-state index in [4.69, 9.17) is 0 Å². The standard InChI is InChI=1S/C72H49N3/c1-6-20-50(21-7-1)51-34-38-58(39-35-51)73(59-40-42-61(65(48-59)52-22-8-2-9-23-52)54-36-44-71-67(46-54)63-30-16-18-32-69(63)74(71)56-26-12-4-13-27-56)60-41-43-62(66(49-60)53-24-10-3-11-25-53)55-37-45-72-68(47-55)64-31-17-19-33-70(64)75(72)57-28-14-5-15-29-57/h1-49H. The number of nitrogens with zero attached hydrogens (tertiary/aromatic N) is 3. The third kappa shape index (κ3) is 7.78. The fourth-order valence-electron chi connectivity index (χ4n) is 11.4. The molecular formula is C72H49N3. The van der Waals surface area contributed by atoms with Gasteiger partial charge in [0.15, 0.2) is 0 Å². The molecule has 0 atom stereocenters. The molecule has 3 heteroatoms. The average molecular weight is 956 g/mol. The highest BCUT2D eigenvalue weighted by Gasteiger charge is 2.22. The first-order valence-corrected chi connectivity index (χ1v) is 25.7. The highest BCUT2D eigenvalue weighted by Crippen LogP contribution is 2.46. The molecule has 0 saturated heterocycles. The quantitative estimate of drug-likeness (QED) is 0.133. The van der Waals surface area contributed by atoms with E-state index in [9.17, 15) is 0 Å². The Balaban J connectivity index is 0.953. The summed E-state index contributed by atoms with van der Waals surface area (Å²) < 4.78 is 4.77. The second kappa shape index (κ2) is 18.6. The molecule has 0 bridgehead atoms. The molecule has 0 aliphatic heterocycles. The summed E-state index contributed by atoms with van der Waals surface area (Å²) in [5.74, 6) is 0. The third-order valence-corrected chi connectivity index (χ3v) is 14.9. The van der Waals surface area contributed by atoms with Crippen LogP contribution < -0.4 is 4.90 Å². The van der Waals surface area contributed by atoms with Crippen molar-refractivity contribution in [1.82, 2.24) is 9.13 Å². The number of aromatic nitrogens is 2. The first-order valence-electron chi connectivity index (χ1n) is 25.7. The summed E-state index contributed by atoms with van der Waals surface area (Å²) in [5, 5.41) is 4.92. The van der Waals surface area contributed by atoms with Crippen molar-refractivity contribution in [3.05, 3.63) is 297 Å². The lowest BCUT2D eigenvalue weighted by Gasteiger charge is -2.28. The van der Waals surface area contributed by atoms with E-state index in [1.165, 1.54) is 77.0 Å². The van der Waals surface area contributed by atoms with Crippen molar-refractivity contribution in [1.29, 1.82) is 0 Å². The first kappa shape index (κ1) is 43.8. The van der Waals surface area contributed by atoms with Crippen LogP contribution in [0.2, 0.25) is 0 Å². The maximum absolute atomic E-state index is 2.43. The Labute approximate surface area is 436 Å². The third-order valence-electron chi connectivity index (χ3n) is 14.9. The molecule has 0 aliphatic carbocycles. The zero-order chi connectivity index (χ0) is 49.7. The van der Waals surface area contributed by atoms with Gasteiger partial charge in [0.2, 0.25) is 0 Å². The average Bonchev–Trinajstić information content (AvgIpc) is 4.01. The molecule has 2 aromatic heterocycles. The molecule has 14 aromatic rings. The SMILES string of the molecule is c1ccc(-c2ccc(N(c3ccc(-c4ccc5c(c4)c4ccccc4n5-c4ccccc4)c(-c4ccccc4)c3)c3ccc(-c4ccc5c(c4)c4ccccc4n5-c4ccccc4)c(-c4ccccc4)c3)cc2)cc1. The van der Waals surface area contributed by atoms with Crippen LogP contribution in [0.4, 0.5) is 17.1 Å². The normalized spacial score (nSPS) is 11.5. The van der Waals surface area contributed by atoms with Crippen LogP contribution in [0.1, 0.15) is 0 Å². The Morgan fingerprint density at radius 2 is 0.533 bits per heavy atom. The summed E-state index contributed by atoms with van der Waals surface area (Å²) in [6.07, 6.45) is 0. The van der Waals surface area contributed by atoms with Crippen molar-refractivity contribution >= 4 is 60.7 Å². The lowest BCUT2D eigenvalue weighted by Crippen LogP contribution is -2.10. The van der Waals surface area contributed by atoms with Gasteiger partial charge in [0, 0.05) is 50.0 Å². The fraction of sp³-hybridized carbons (Fsp3) is 0. The van der Waals surface area contributed by atoms with Crippen molar-refractivity contribution < 1.29 is 0 Å². The van der Waals surface area contributed by atoms with Crippen LogP contribution in [0.25, 0.3) is 111 Å². The van der Waals surface area contributed by atoms with Crippen LogP contribution in [0.3, 0.4) is 0 Å². The van der Waals surface area contributed by atoms with E-state index >= 15 is 0 Å². The van der Waals surface area contributed by atoms with Crippen molar-refractivity contribution in [3.8, 4) is 67.0 Å². The topological polar surface area (TPSA) is 13.1 Å². The van der Waals surface area contributed by atoms with Crippen LogP contribution >= 0.6 is 0 Å². The van der Waals surface area contributed by atoms with Gasteiger partial charge in [0.05, 0.1) is 22.1 Å². The second-order valence-electron chi connectivity index (χ2n) is 19.3. The Morgan fingerprint density at radius 3 is 0.973 bits per heavy atom. The van der Waals surface area contributed by atoms with Crippen LogP contribution in [-0.4, -0.2) is 9.13 Å². The molecule has 0 N–H and O–H groups in total. The van der Waals surface area contributed by atoms with Gasteiger partial charge in [-0.15, -0.1) is 0 Å². The molecule has 0 aliphatic rings. The molecule has 0 unspecified atom stereocenters. The van der Waals surface area contributed by atoms with Gasteiger partial charge < -0.3 is 14.0 Å². The summed E-state index contributed by atoms with van der Waals surface area (Å²) in [6, 6.07) is 108. The molecule has 0 radical (unpaired) electrons. The van der Waals surface area contributed by atoms with Crippen molar-refractivity contribution in [3.63, 3.8) is 0 Å². The second-order valence-corrected chi connectivity index (χ2v) is 19.3. The van der Waals surface area contributed by atoms with Crippen molar-refractivity contribution in [2.45, 2.75) is 0 Å². The van der Waals surface area contributed by atoms with Gasteiger partial charge in [-0.1, -0.05) is 200 Å². The Hall–Kier alpha value is -9.96. The summed E-state index contributed by atoms with van der Waals surface area (Å²) in [4.78, 5) is 2.43. The largest absolute Gasteiger partial charge is 0.310 e. The van der Waals surface area contributed by atoms with E-state index in [-0.39, 0.29) is 0 Å². The molecule has 12 aromatic carbocycles. The van der Waals surface area contributed by atoms with Crippen LogP contribution in [0, 0.1) is 0 Å². The first-order chi connectivity index (χ1) is 37.2. The molecule has 75 heavy (non-hydrogen) atoms. The maximum Gasteiger partial charge on any atom is 0.0541 e. The monoisotopic (exact) mass is 955 g/mol. The zero-order valence-electron chi connectivity index (χ0n) is 41.1. The molecule has 14 rings (SSSR count). The molecular weight excluding hydrogens is 907 g/mol. The van der Waals surface area contributed by atoms with Crippen LogP contribution in [0.15, 0.2) is 297 Å². The van der Waals surface area contributed by atoms with Gasteiger partial charge in [0.1, 0.15) is 0 Å². The summed E-state index contributed by atoms with van der Waals surface area (Å²) in [6.45, 7) is 0. The van der Waals surface area contributed by atoms with Crippen LogP contribution in [-0.2, 0) is 0 Å². The number of fused-ring (bicyclic) bond motifs is 6. The lowest BCUT2D eigenvalue weighted by molar-refractivity contribution is 1.18. The molecule has 0 spiro atoms. The zero-order valence-corrected chi connectivity index (χ0v) is 41.1. The number of hydrogen-bond donors (Lipinski definition) is 0. The molecule has 3 nitrogen and oxygen atoms in total. The summed E-state index contributed by atoms with van der Waals surface area (Å²) in [7, 11) is 0. The summed E-state index contributed by atoms with van der Waals surface area (Å²) in [5.41, 5.74) is 21.9. The van der Waals surface area contributed by atoms with Gasteiger partial charge >= 0.3 is 0 Å². The molecule has 0 amide bonds. The van der Waals surface area contributed by atoms with E-state index in [1.807, 2.05) is 0 Å². The van der Waals surface area contributed by atoms with Crippen molar-refractivity contribution in [2.24, 2.45) is 0 Å². The molecule has 352 valence electrons. The van der Waals surface area contributed by atoms with E-state index < -0.39 is 0 Å². The predicted molar refractivity (Wildman–Crippen MR) is 317 cm³/mol. The molecule has 2 heterocycles. The minimum absolute atomic E-state index is 1.06. The minimum Gasteiger partial charge on any atom is -0.310 e. The molecule has 0 fully saturated rings. The Morgan fingerprint density at radius 1 is 0.200 bits per heavy atom. The van der Waals surface area contributed by atoms with E-state index in [2.05, 4.69) is 311 Å². The smallest absolute Gasteiger partial charge is 0.0541 e. The fourth-order valence-corrected chi connectivity index (χ4v) is 11.4. The van der Waals surface area contributed by atoms with Gasteiger partial charge in [-0.3, -0.25) is 0 Å². The Bertz CT molecular complexity index is 4120. The predicted octanol–water partition coefficient (Wildman–Crippen LogP) is 19.7. The van der Waals surface area contributed by atoms with Crippen LogP contribution in [0.5, 0.6) is 0 Å². The maximum atomic E-state index is 2.43.